The molecule has 9 atom stereocenters. The number of esters is 1. The Hall–Kier alpha value is -1.84. The predicted octanol–water partition coefficient (Wildman–Crippen LogP) is 8.97. The lowest BCUT2D eigenvalue weighted by Gasteiger charge is -2.72. The third kappa shape index (κ3) is 4.73. The highest BCUT2D eigenvalue weighted by Gasteiger charge is 2.71. The van der Waals surface area contributed by atoms with Crippen LogP contribution in [0.3, 0.4) is 0 Å². The summed E-state index contributed by atoms with van der Waals surface area (Å²) in [5.41, 5.74) is 2.07. The van der Waals surface area contributed by atoms with Crippen LogP contribution in [-0.2, 0) is 20.9 Å². The first kappa shape index (κ1) is 31.2. The van der Waals surface area contributed by atoms with E-state index in [2.05, 4.69) is 53.8 Å². The van der Waals surface area contributed by atoms with Gasteiger partial charge in [0.1, 0.15) is 13.2 Å². The van der Waals surface area contributed by atoms with Gasteiger partial charge in [-0.05, 0) is 127 Å². The average Bonchev–Trinajstić information content (AvgIpc) is 3.36. The summed E-state index contributed by atoms with van der Waals surface area (Å²) in [6.07, 6.45) is 13.7. The van der Waals surface area contributed by atoms with E-state index in [0.29, 0.717) is 39.9 Å². The van der Waals surface area contributed by atoms with Gasteiger partial charge in [0.15, 0.2) is 0 Å². The van der Waals surface area contributed by atoms with Gasteiger partial charge in [-0.25, -0.2) is 0 Å². The van der Waals surface area contributed by atoms with E-state index < -0.39 is 0 Å². The summed E-state index contributed by atoms with van der Waals surface area (Å²) in [5, 5.41) is 3.12. The van der Waals surface area contributed by atoms with E-state index in [4.69, 9.17) is 4.74 Å². The number of carbonyl (C=O) groups excluding carboxylic acids is 2. The minimum Gasteiger partial charge on any atom is -0.460 e. The highest BCUT2D eigenvalue weighted by atomic mass is 16.5. The Morgan fingerprint density at radius 2 is 1.58 bits per heavy atom. The van der Waals surface area contributed by atoms with Gasteiger partial charge in [0, 0.05) is 0 Å². The lowest BCUT2D eigenvalue weighted by Crippen LogP contribution is -2.66. The zero-order valence-electron chi connectivity index (χ0n) is 28.3. The van der Waals surface area contributed by atoms with Crippen LogP contribution >= 0.6 is 0 Å². The molecular weight excluding hydrogens is 530 g/mol. The summed E-state index contributed by atoms with van der Waals surface area (Å²) >= 11 is 0. The smallest absolute Gasteiger partial charge is 0.325 e. The number of carbonyl (C=O) groups is 2. The number of nitrogens with one attached hydrogen (secondary N) is 1. The molecule has 0 aliphatic heterocycles. The summed E-state index contributed by atoms with van der Waals surface area (Å²) in [6, 6.07) is 9.76. The molecule has 0 spiro atoms. The first-order chi connectivity index (χ1) is 20.3. The van der Waals surface area contributed by atoms with E-state index >= 15 is 0 Å². The summed E-state index contributed by atoms with van der Waals surface area (Å²) < 4.78 is 5.52. The van der Waals surface area contributed by atoms with Crippen molar-refractivity contribution in [3.05, 3.63) is 35.9 Å². The molecule has 4 unspecified atom stereocenters. The Bertz CT molecular complexity index is 1210. The summed E-state index contributed by atoms with van der Waals surface area (Å²) in [7, 11) is 0. The molecule has 5 aliphatic rings. The molecule has 238 valence electrons. The number of amides is 1. The molecule has 1 amide bonds. The second-order valence-corrected chi connectivity index (χ2v) is 17.5. The van der Waals surface area contributed by atoms with E-state index in [-0.39, 0.29) is 35.9 Å². The van der Waals surface area contributed by atoms with Crippen molar-refractivity contribution in [1.82, 2.24) is 5.32 Å². The summed E-state index contributed by atoms with van der Waals surface area (Å²) in [5.74, 6) is 3.49. The van der Waals surface area contributed by atoms with Gasteiger partial charge in [0.2, 0.25) is 5.91 Å². The molecule has 1 aromatic rings. The Morgan fingerprint density at radius 3 is 2.30 bits per heavy atom. The van der Waals surface area contributed by atoms with Crippen LogP contribution < -0.4 is 5.32 Å². The van der Waals surface area contributed by atoms with Crippen LogP contribution in [0.2, 0.25) is 0 Å². The largest absolute Gasteiger partial charge is 0.460 e. The minimum atomic E-state index is -0.351. The topological polar surface area (TPSA) is 55.4 Å². The van der Waals surface area contributed by atoms with Gasteiger partial charge in [0.25, 0.3) is 0 Å². The molecule has 1 N–H and O–H groups in total. The Balaban J connectivity index is 1.24. The average molecular weight is 590 g/mol. The molecule has 1 aromatic carbocycles. The molecule has 4 heteroatoms. The molecule has 0 aromatic heterocycles. The van der Waals surface area contributed by atoms with Crippen LogP contribution in [0.1, 0.15) is 125 Å². The van der Waals surface area contributed by atoms with Gasteiger partial charge in [-0.1, -0.05) is 85.2 Å². The Labute approximate surface area is 261 Å². The fourth-order valence-corrected chi connectivity index (χ4v) is 13.0. The molecule has 0 heterocycles. The Kier molecular flexibility index (Phi) is 7.90. The van der Waals surface area contributed by atoms with Crippen molar-refractivity contribution in [2.24, 2.45) is 62.6 Å². The zero-order chi connectivity index (χ0) is 30.8. The quantitative estimate of drug-likeness (QED) is 0.337. The third-order valence-corrected chi connectivity index (χ3v) is 15.2. The number of hydrogen-bond acceptors (Lipinski definition) is 3. The molecule has 5 saturated carbocycles. The lowest BCUT2D eigenvalue weighted by atomic mass is 9.32. The highest BCUT2D eigenvalue weighted by Crippen LogP contribution is 2.77. The van der Waals surface area contributed by atoms with Crippen molar-refractivity contribution in [3.63, 3.8) is 0 Å². The van der Waals surface area contributed by atoms with E-state index in [9.17, 15) is 9.59 Å². The predicted molar refractivity (Wildman–Crippen MR) is 173 cm³/mol. The Morgan fingerprint density at radius 1 is 0.837 bits per heavy atom. The first-order valence-corrected chi connectivity index (χ1v) is 17.8. The van der Waals surface area contributed by atoms with E-state index in [1.807, 2.05) is 30.3 Å². The second-order valence-electron chi connectivity index (χ2n) is 17.5. The maximum atomic E-state index is 14.3. The van der Waals surface area contributed by atoms with Crippen molar-refractivity contribution in [2.75, 3.05) is 6.54 Å². The molecule has 0 bridgehead atoms. The maximum Gasteiger partial charge on any atom is 0.325 e. The molecule has 4 nitrogen and oxygen atoms in total. The standard InChI is InChI=1S/C39H59NO3/c1-26(2)28-16-21-39(34(42)40-24-32(41)43-25-27-12-9-8-10-13-27)23-22-37(6)29(33(28)39)14-15-31-36(5)19-11-18-35(3,4)30(36)17-20-38(31,37)7/h8-10,12-13,26,28-31,33H,11,14-25H2,1-7H3,(H,40,42)/t28-,29?,30?,31?,33?,36-,37+,38+,39-/m0/s1. The molecule has 5 aliphatic carbocycles. The molecule has 5 fully saturated rings. The van der Waals surface area contributed by atoms with Crippen LogP contribution in [0.15, 0.2) is 30.3 Å². The molecule has 43 heavy (non-hydrogen) atoms. The van der Waals surface area contributed by atoms with Gasteiger partial charge >= 0.3 is 5.97 Å². The molecule has 6 rings (SSSR count). The van der Waals surface area contributed by atoms with Gasteiger partial charge in [-0.15, -0.1) is 0 Å². The van der Waals surface area contributed by atoms with E-state index in [0.717, 1.165) is 43.1 Å². The van der Waals surface area contributed by atoms with Crippen molar-refractivity contribution >= 4 is 11.9 Å². The van der Waals surface area contributed by atoms with Crippen molar-refractivity contribution < 1.29 is 14.3 Å². The van der Waals surface area contributed by atoms with Crippen LogP contribution in [0, 0.1) is 62.6 Å². The van der Waals surface area contributed by atoms with Crippen LogP contribution in [-0.4, -0.2) is 18.4 Å². The maximum absolute atomic E-state index is 14.3. The SMILES string of the molecule is CC(C)[C@@H]1CC[C@]2(C(=O)NCC(=O)OCc3ccccc3)CC[C@]3(C)C(CCC4[C@@]5(C)CCCC(C)(C)C5CC[C@]43C)C12. The van der Waals surface area contributed by atoms with Crippen LogP contribution in [0.4, 0.5) is 0 Å². The minimum absolute atomic E-state index is 0.0380. The number of benzene rings is 1. The van der Waals surface area contributed by atoms with E-state index in [1.54, 1.807) is 0 Å². The number of ether oxygens (including phenoxy) is 1. The van der Waals surface area contributed by atoms with Crippen LogP contribution in [0.5, 0.6) is 0 Å². The molecule has 0 radical (unpaired) electrons. The highest BCUT2D eigenvalue weighted by molar-refractivity contribution is 5.87. The summed E-state index contributed by atoms with van der Waals surface area (Å²) in [6.45, 7) is 18.1. The van der Waals surface area contributed by atoms with Crippen LogP contribution in [0.25, 0.3) is 0 Å². The zero-order valence-corrected chi connectivity index (χ0v) is 28.3. The van der Waals surface area contributed by atoms with Crippen molar-refractivity contribution in [3.8, 4) is 0 Å². The fourth-order valence-electron chi connectivity index (χ4n) is 13.0. The van der Waals surface area contributed by atoms with Crippen molar-refractivity contribution in [2.45, 2.75) is 126 Å². The van der Waals surface area contributed by atoms with Gasteiger partial charge in [-0.3, -0.25) is 9.59 Å². The van der Waals surface area contributed by atoms with Gasteiger partial charge < -0.3 is 10.1 Å². The van der Waals surface area contributed by atoms with Crippen molar-refractivity contribution in [1.29, 1.82) is 0 Å². The summed E-state index contributed by atoms with van der Waals surface area (Å²) in [4.78, 5) is 27.0. The number of fused-ring (bicyclic) bond motifs is 7. The normalized spacial score (nSPS) is 43.1. The third-order valence-electron chi connectivity index (χ3n) is 15.2. The fraction of sp³-hybridized carbons (Fsp3) is 0.795. The van der Waals surface area contributed by atoms with E-state index in [1.165, 1.54) is 44.9 Å². The van der Waals surface area contributed by atoms with Gasteiger partial charge in [0.05, 0.1) is 5.41 Å². The molecule has 0 saturated heterocycles. The first-order valence-electron chi connectivity index (χ1n) is 17.8. The molecular formula is C39H59NO3. The monoisotopic (exact) mass is 589 g/mol. The number of hydrogen-bond donors (Lipinski definition) is 1. The number of rotatable bonds is 6. The lowest BCUT2D eigenvalue weighted by molar-refractivity contribution is -0.237. The van der Waals surface area contributed by atoms with Gasteiger partial charge in [-0.2, -0.15) is 0 Å². The second kappa shape index (κ2) is 10.9.